The van der Waals surface area contributed by atoms with Crippen LogP contribution in [-0.4, -0.2) is 17.8 Å². The van der Waals surface area contributed by atoms with Gasteiger partial charge in [-0.3, -0.25) is 4.79 Å². The van der Waals surface area contributed by atoms with E-state index in [-0.39, 0.29) is 11.5 Å². The van der Waals surface area contributed by atoms with Crippen LogP contribution in [0.1, 0.15) is 66.2 Å². The van der Waals surface area contributed by atoms with E-state index in [1.807, 2.05) is 0 Å². The molecule has 1 amide bonds. The number of amides is 1. The molecule has 4 rings (SSSR count). The van der Waals surface area contributed by atoms with Gasteiger partial charge in [0.15, 0.2) is 0 Å². The van der Waals surface area contributed by atoms with Gasteiger partial charge in [0, 0.05) is 11.9 Å². The lowest BCUT2D eigenvalue weighted by Crippen LogP contribution is -2.61. The van der Waals surface area contributed by atoms with Crippen molar-refractivity contribution in [1.82, 2.24) is 5.32 Å². The van der Waals surface area contributed by atoms with Crippen molar-refractivity contribution in [3.05, 3.63) is 0 Å². The van der Waals surface area contributed by atoms with E-state index >= 15 is 0 Å². The van der Waals surface area contributed by atoms with Crippen LogP contribution >= 0.6 is 11.6 Å². The molecular weight excluding hydrogens is 282 g/mol. The summed E-state index contributed by atoms with van der Waals surface area (Å²) in [7, 11) is 0. The van der Waals surface area contributed by atoms with Gasteiger partial charge < -0.3 is 5.32 Å². The quantitative estimate of drug-likeness (QED) is 0.768. The fourth-order valence-corrected chi connectivity index (χ4v) is 6.84. The van der Waals surface area contributed by atoms with Gasteiger partial charge in [-0.25, -0.2) is 0 Å². The average Bonchev–Trinajstić information content (AvgIpc) is 2.30. The first kappa shape index (κ1) is 15.6. The summed E-state index contributed by atoms with van der Waals surface area (Å²) in [6.07, 6.45) is 7.27. The molecule has 120 valence electrons. The van der Waals surface area contributed by atoms with Crippen molar-refractivity contribution in [2.45, 2.75) is 72.3 Å². The van der Waals surface area contributed by atoms with Crippen LogP contribution in [0.25, 0.3) is 0 Å². The van der Waals surface area contributed by atoms with Gasteiger partial charge in [-0.2, -0.15) is 0 Å². The molecule has 0 aromatic heterocycles. The van der Waals surface area contributed by atoms with E-state index < -0.39 is 0 Å². The summed E-state index contributed by atoms with van der Waals surface area (Å²) >= 11 is 6.05. The fourth-order valence-electron chi connectivity index (χ4n) is 6.41. The van der Waals surface area contributed by atoms with Crippen molar-refractivity contribution in [3.8, 4) is 0 Å². The maximum absolute atomic E-state index is 13.1. The zero-order valence-corrected chi connectivity index (χ0v) is 14.7. The Morgan fingerprint density at radius 2 is 1.71 bits per heavy atom. The molecule has 3 atom stereocenters. The highest BCUT2D eigenvalue weighted by Gasteiger charge is 2.62. The van der Waals surface area contributed by atoms with Gasteiger partial charge in [-0.1, -0.05) is 27.7 Å². The number of carbonyl (C=O) groups is 1. The number of rotatable bonds is 4. The maximum Gasteiger partial charge on any atom is 0.226 e. The molecule has 4 aliphatic rings. The first-order chi connectivity index (χ1) is 9.69. The molecule has 4 bridgehead atoms. The van der Waals surface area contributed by atoms with E-state index in [0.29, 0.717) is 28.5 Å². The Hall–Kier alpha value is -0.240. The molecule has 21 heavy (non-hydrogen) atoms. The van der Waals surface area contributed by atoms with E-state index in [9.17, 15) is 4.79 Å². The normalized spacial score (nSPS) is 45.9. The van der Waals surface area contributed by atoms with Crippen LogP contribution in [0.5, 0.6) is 0 Å². The number of alkyl halides is 1. The predicted molar refractivity (Wildman–Crippen MR) is 87.3 cm³/mol. The molecule has 3 unspecified atom stereocenters. The molecule has 0 aromatic carbocycles. The third-order valence-corrected chi connectivity index (χ3v) is 6.73. The summed E-state index contributed by atoms with van der Waals surface area (Å²) in [5, 5.41) is 3.29. The Labute approximate surface area is 134 Å². The van der Waals surface area contributed by atoms with Gasteiger partial charge in [0.25, 0.3) is 0 Å². The third kappa shape index (κ3) is 2.62. The molecule has 3 heteroatoms. The minimum absolute atomic E-state index is 0.104. The number of hydrogen-bond acceptors (Lipinski definition) is 1. The van der Waals surface area contributed by atoms with Crippen molar-refractivity contribution >= 4 is 17.5 Å². The molecule has 0 aromatic rings. The Morgan fingerprint density at radius 1 is 1.14 bits per heavy atom. The van der Waals surface area contributed by atoms with Crippen LogP contribution in [0.15, 0.2) is 0 Å². The SMILES string of the molecule is CC(C)C(CCl)NC(=O)C12CC3CC(C)(CC(C)(C3)C1)C2. The number of hydrogen-bond donors (Lipinski definition) is 1. The van der Waals surface area contributed by atoms with E-state index in [1.165, 1.54) is 19.3 Å². The molecule has 0 radical (unpaired) electrons. The minimum Gasteiger partial charge on any atom is -0.351 e. The Morgan fingerprint density at radius 3 is 2.14 bits per heavy atom. The first-order valence-electron chi connectivity index (χ1n) is 8.56. The molecular formula is C18H30ClNO. The summed E-state index contributed by atoms with van der Waals surface area (Å²) < 4.78 is 0. The minimum atomic E-state index is -0.109. The summed E-state index contributed by atoms with van der Waals surface area (Å²) in [5.41, 5.74) is 0.668. The van der Waals surface area contributed by atoms with E-state index in [2.05, 4.69) is 33.0 Å². The van der Waals surface area contributed by atoms with Crippen molar-refractivity contribution in [2.75, 3.05) is 5.88 Å². The largest absolute Gasteiger partial charge is 0.351 e. The van der Waals surface area contributed by atoms with Crippen molar-refractivity contribution in [3.63, 3.8) is 0 Å². The topological polar surface area (TPSA) is 29.1 Å². The second-order valence-electron chi connectivity index (χ2n) is 9.39. The van der Waals surface area contributed by atoms with Crippen LogP contribution in [0.4, 0.5) is 0 Å². The van der Waals surface area contributed by atoms with Crippen molar-refractivity contribution in [2.24, 2.45) is 28.1 Å². The van der Waals surface area contributed by atoms with Crippen molar-refractivity contribution in [1.29, 1.82) is 0 Å². The summed E-state index contributed by atoms with van der Waals surface area (Å²) in [6.45, 7) is 9.10. The lowest BCUT2D eigenvalue weighted by molar-refractivity contribution is -0.170. The lowest BCUT2D eigenvalue weighted by atomic mass is 9.40. The zero-order valence-electron chi connectivity index (χ0n) is 14.0. The summed E-state index contributed by atoms with van der Waals surface area (Å²) in [4.78, 5) is 13.1. The Bertz CT molecular complexity index is 428. The van der Waals surface area contributed by atoms with Crippen LogP contribution in [0, 0.1) is 28.1 Å². The molecule has 2 nitrogen and oxygen atoms in total. The Balaban J connectivity index is 1.82. The van der Waals surface area contributed by atoms with Crippen LogP contribution in [0.2, 0.25) is 0 Å². The highest BCUT2D eigenvalue weighted by atomic mass is 35.5. The van der Waals surface area contributed by atoms with E-state index in [4.69, 9.17) is 11.6 Å². The molecule has 0 aliphatic heterocycles. The number of carbonyl (C=O) groups excluding carboxylic acids is 1. The maximum atomic E-state index is 13.1. The lowest BCUT2D eigenvalue weighted by Gasteiger charge is -2.64. The van der Waals surface area contributed by atoms with Gasteiger partial charge >= 0.3 is 0 Å². The van der Waals surface area contributed by atoms with E-state index in [1.54, 1.807) is 0 Å². The molecule has 4 aliphatic carbocycles. The van der Waals surface area contributed by atoms with Gasteiger partial charge in [0.2, 0.25) is 5.91 Å². The van der Waals surface area contributed by atoms with Gasteiger partial charge in [0.1, 0.15) is 0 Å². The van der Waals surface area contributed by atoms with E-state index in [0.717, 1.165) is 25.2 Å². The molecule has 4 saturated carbocycles. The van der Waals surface area contributed by atoms with Crippen LogP contribution < -0.4 is 5.32 Å². The Kier molecular flexibility index (Phi) is 3.63. The smallest absolute Gasteiger partial charge is 0.226 e. The summed E-state index contributed by atoms with van der Waals surface area (Å²) in [6, 6.07) is 0.104. The number of nitrogens with one attached hydrogen (secondary N) is 1. The second-order valence-corrected chi connectivity index (χ2v) is 9.70. The zero-order chi connectivity index (χ0) is 15.5. The first-order valence-corrected chi connectivity index (χ1v) is 9.10. The molecule has 0 heterocycles. The molecule has 1 N–H and O–H groups in total. The molecule has 0 saturated heterocycles. The highest BCUT2D eigenvalue weighted by Crippen LogP contribution is 2.69. The van der Waals surface area contributed by atoms with Crippen LogP contribution in [0.3, 0.4) is 0 Å². The second kappa shape index (κ2) is 4.88. The fraction of sp³-hybridized carbons (Fsp3) is 0.944. The standard InChI is InChI=1S/C18H30ClNO/c1-12(2)14(8-19)20-15(21)18-7-13-5-16(3,10-18)9-17(4,6-13)11-18/h12-14H,5-11H2,1-4H3,(H,20,21). The van der Waals surface area contributed by atoms with Gasteiger partial charge in [-0.15, -0.1) is 11.6 Å². The van der Waals surface area contributed by atoms with Crippen LogP contribution in [-0.2, 0) is 4.79 Å². The monoisotopic (exact) mass is 311 g/mol. The highest BCUT2D eigenvalue weighted by molar-refractivity contribution is 6.18. The predicted octanol–water partition coefficient (Wildman–Crippen LogP) is 4.36. The van der Waals surface area contributed by atoms with Gasteiger partial charge in [0.05, 0.1) is 5.41 Å². The molecule has 0 spiro atoms. The van der Waals surface area contributed by atoms with Crippen molar-refractivity contribution < 1.29 is 4.79 Å². The average molecular weight is 312 g/mol. The van der Waals surface area contributed by atoms with Gasteiger partial charge in [-0.05, 0) is 61.2 Å². The summed E-state index contributed by atoms with van der Waals surface area (Å²) in [5.74, 6) is 1.96. The number of halogens is 1. The molecule has 4 fully saturated rings. The third-order valence-electron chi connectivity index (χ3n) is 6.40.